The van der Waals surface area contributed by atoms with Gasteiger partial charge in [0.2, 0.25) is 0 Å². The lowest BCUT2D eigenvalue weighted by Crippen LogP contribution is -2.30. The van der Waals surface area contributed by atoms with Crippen LogP contribution < -0.4 is 9.47 Å². The maximum absolute atomic E-state index is 12.8. The Hall–Kier alpha value is -2.99. The fourth-order valence-corrected chi connectivity index (χ4v) is 4.05. The molecule has 1 heterocycles. The van der Waals surface area contributed by atoms with E-state index in [0.717, 1.165) is 28.5 Å². The number of nitrogens with zero attached hydrogens (tertiary/aromatic N) is 1. The Balaban J connectivity index is 1.83. The highest BCUT2D eigenvalue weighted by Crippen LogP contribution is 2.37. The molecule has 1 fully saturated rings. The summed E-state index contributed by atoms with van der Waals surface area (Å²) in [4.78, 5) is 26.8. The molecule has 3 rings (SSSR count). The van der Waals surface area contributed by atoms with E-state index in [1.807, 2.05) is 36.4 Å². The molecule has 29 heavy (non-hydrogen) atoms. The molecular weight excluding hydrogens is 386 g/mol. The van der Waals surface area contributed by atoms with E-state index < -0.39 is 0 Å². The van der Waals surface area contributed by atoms with Gasteiger partial charge in [-0.05, 0) is 53.9 Å². The van der Waals surface area contributed by atoms with Gasteiger partial charge in [0.25, 0.3) is 11.1 Å². The highest BCUT2D eigenvalue weighted by atomic mass is 32.2. The molecule has 150 valence electrons. The van der Waals surface area contributed by atoms with E-state index in [1.165, 1.54) is 4.90 Å². The molecule has 6 heteroatoms. The minimum atomic E-state index is -0.268. The van der Waals surface area contributed by atoms with Gasteiger partial charge in [-0.1, -0.05) is 36.4 Å². The van der Waals surface area contributed by atoms with Gasteiger partial charge in [0.15, 0.2) is 11.5 Å². The molecule has 5 nitrogen and oxygen atoms in total. The van der Waals surface area contributed by atoms with Crippen LogP contribution in [-0.2, 0) is 17.6 Å². The number of ether oxygens (including phenoxy) is 2. The van der Waals surface area contributed by atoms with Gasteiger partial charge >= 0.3 is 0 Å². The third-order valence-corrected chi connectivity index (χ3v) is 5.49. The van der Waals surface area contributed by atoms with Gasteiger partial charge in [-0.15, -0.1) is 6.58 Å². The second-order valence-corrected chi connectivity index (χ2v) is 7.47. The van der Waals surface area contributed by atoms with Crippen LogP contribution in [0.1, 0.15) is 16.7 Å². The average Bonchev–Trinajstić information content (AvgIpc) is 2.99. The van der Waals surface area contributed by atoms with E-state index in [0.29, 0.717) is 35.8 Å². The highest BCUT2D eigenvalue weighted by Gasteiger charge is 2.34. The molecule has 0 aliphatic carbocycles. The van der Waals surface area contributed by atoms with Crippen molar-refractivity contribution in [3.63, 3.8) is 0 Å². The molecule has 0 bridgehead atoms. The molecule has 1 aliphatic rings. The van der Waals surface area contributed by atoms with Gasteiger partial charge in [0, 0.05) is 12.1 Å². The zero-order chi connectivity index (χ0) is 20.8. The van der Waals surface area contributed by atoms with E-state index >= 15 is 0 Å². The third-order valence-electron chi connectivity index (χ3n) is 4.58. The second-order valence-electron chi connectivity index (χ2n) is 6.48. The van der Waals surface area contributed by atoms with Crippen LogP contribution in [-0.4, -0.2) is 36.8 Å². The number of methoxy groups -OCH3 is 2. The highest BCUT2D eigenvalue weighted by molar-refractivity contribution is 8.18. The standard InChI is InChI=1S/C23H23NO4S/c1-4-8-18-13-17(14-19(27-2)21(18)28-3)15-20-22(25)24(23(26)29-20)12-11-16-9-6-5-7-10-16/h4-7,9-10,13-15H,1,8,11-12H2,2-3H3/b20-15-. The Morgan fingerprint density at radius 3 is 2.52 bits per heavy atom. The fourth-order valence-electron chi connectivity index (χ4n) is 3.19. The Morgan fingerprint density at radius 1 is 1.10 bits per heavy atom. The van der Waals surface area contributed by atoms with Crippen LogP contribution >= 0.6 is 11.8 Å². The number of imide groups is 1. The Bertz CT molecular complexity index is 953. The molecule has 0 saturated carbocycles. The lowest BCUT2D eigenvalue weighted by molar-refractivity contribution is -0.122. The first-order valence-electron chi connectivity index (χ1n) is 9.22. The van der Waals surface area contributed by atoms with Crippen LogP contribution in [0.15, 0.2) is 60.0 Å². The summed E-state index contributed by atoms with van der Waals surface area (Å²) in [6, 6.07) is 13.5. The zero-order valence-corrected chi connectivity index (χ0v) is 17.3. The largest absolute Gasteiger partial charge is 0.493 e. The van der Waals surface area contributed by atoms with Crippen molar-refractivity contribution in [3.05, 3.63) is 76.7 Å². The molecule has 0 spiro atoms. The summed E-state index contributed by atoms with van der Waals surface area (Å²) in [6.07, 6.45) is 4.73. The van der Waals surface area contributed by atoms with Crippen molar-refractivity contribution in [1.82, 2.24) is 4.90 Å². The van der Waals surface area contributed by atoms with Crippen molar-refractivity contribution in [3.8, 4) is 11.5 Å². The van der Waals surface area contributed by atoms with E-state index in [9.17, 15) is 9.59 Å². The Labute approximate surface area is 175 Å². The van der Waals surface area contributed by atoms with Crippen LogP contribution in [0.25, 0.3) is 6.08 Å². The number of carbonyl (C=O) groups excluding carboxylic acids is 2. The van der Waals surface area contributed by atoms with E-state index in [-0.39, 0.29) is 11.1 Å². The van der Waals surface area contributed by atoms with Crippen LogP contribution in [0, 0.1) is 0 Å². The van der Waals surface area contributed by atoms with Crippen molar-refractivity contribution in [2.75, 3.05) is 20.8 Å². The van der Waals surface area contributed by atoms with E-state index in [4.69, 9.17) is 9.47 Å². The lowest BCUT2D eigenvalue weighted by Gasteiger charge is -2.13. The average molecular weight is 410 g/mol. The summed E-state index contributed by atoms with van der Waals surface area (Å²) in [5.41, 5.74) is 2.76. The molecule has 0 N–H and O–H groups in total. The molecule has 2 aromatic rings. The first kappa shape index (κ1) is 20.7. The van der Waals surface area contributed by atoms with Crippen molar-refractivity contribution >= 4 is 29.0 Å². The molecule has 2 aromatic carbocycles. The molecule has 1 saturated heterocycles. The lowest BCUT2D eigenvalue weighted by atomic mass is 10.0. The monoisotopic (exact) mass is 409 g/mol. The summed E-state index contributed by atoms with van der Waals surface area (Å²) in [7, 11) is 3.15. The normalized spacial score (nSPS) is 15.1. The second kappa shape index (κ2) is 9.47. The van der Waals surface area contributed by atoms with Gasteiger partial charge in [0.1, 0.15) is 0 Å². The molecule has 2 amide bonds. The SMILES string of the molecule is C=CCc1cc(/C=C2\SC(=O)N(CCc3ccccc3)C2=O)cc(OC)c1OC. The summed E-state index contributed by atoms with van der Waals surface area (Å²) in [6.45, 7) is 4.14. The molecule has 0 aromatic heterocycles. The summed E-state index contributed by atoms with van der Waals surface area (Å²) < 4.78 is 10.9. The molecule has 1 aliphatic heterocycles. The summed E-state index contributed by atoms with van der Waals surface area (Å²) in [5, 5.41) is -0.246. The van der Waals surface area contributed by atoms with Crippen LogP contribution in [0.4, 0.5) is 4.79 Å². The molecule has 0 atom stereocenters. The van der Waals surface area contributed by atoms with Crippen molar-refractivity contribution in [2.24, 2.45) is 0 Å². The minimum Gasteiger partial charge on any atom is -0.493 e. The van der Waals surface area contributed by atoms with Crippen LogP contribution in [0.3, 0.4) is 0 Å². The van der Waals surface area contributed by atoms with Crippen LogP contribution in [0.2, 0.25) is 0 Å². The predicted octanol–water partition coefficient (Wildman–Crippen LogP) is 4.71. The third kappa shape index (κ3) is 4.71. The van der Waals surface area contributed by atoms with Crippen LogP contribution in [0.5, 0.6) is 11.5 Å². The quantitative estimate of drug-likeness (QED) is 0.467. The fraction of sp³-hybridized carbons (Fsp3) is 0.217. The topological polar surface area (TPSA) is 55.8 Å². The number of amides is 2. The smallest absolute Gasteiger partial charge is 0.293 e. The number of thioether (sulfide) groups is 1. The van der Waals surface area contributed by atoms with Crippen molar-refractivity contribution in [2.45, 2.75) is 12.8 Å². The van der Waals surface area contributed by atoms with Gasteiger partial charge < -0.3 is 9.47 Å². The first-order valence-corrected chi connectivity index (χ1v) is 10.0. The number of hydrogen-bond donors (Lipinski definition) is 0. The van der Waals surface area contributed by atoms with Gasteiger partial charge in [-0.2, -0.15) is 0 Å². The first-order chi connectivity index (χ1) is 14.1. The van der Waals surface area contributed by atoms with Crippen molar-refractivity contribution < 1.29 is 19.1 Å². The number of hydrogen-bond acceptors (Lipinski definition) is 5. The number of allylic oxidation sites excluding steroid dienone is 1. The maximum Gasteiger partial charge on any atom is 0.293 e. The van der Waals surface area contributed by atoms with Crippen molar-refractivity contribution in [1.29, 1.82) is 0 Å². The summed E-state index contributed by atoms with van der Waals surface area (Å²) >= 11 is 0.961. The van der Waals surface area contributed by atoms with Gasteiger partial charge in [-0.25, -0.2) is 0 Å². The minimum absolute atomic E-state index is 0.246. The molecule has 0 radical (unpaired) electrons. The Kier molecular flexibility index (Phi) is 6.77. The maximum atomic E-state index is 12.8. The number of rotatable bonds is 8. The van der Waals surface area contributed by atoms with Gasteiger partial charge in [-0.3, -0.25) is 14.5 Å². The number of benzene rings is 2. The number of carbonyl (C=O) groups is 2. The van der Waals surface area contributed by atoms with Gasteiger partial charge in [0.05, 0.1) is 19.1 Å². The van der Waals surface area contributed by atoms with E-state index in [2.05, 4.69) is 6.58 Å². The Morgan fingerprint density at radius 2 is 1.86 bits per heavy atom. The summed E-state index contributed by atoms with van der Waals surface area (Å²) in [5.74, 6) is 0.943. The van der Waals surface area contributed by atoms with E-state index in [1.54, 1.807) is 32.4 Å². The zero-order valence-electron chi connectivity index (χ0n) is 16.5. The molecular formula is C23H23NO4S. The predicted molar refractivity (Wildman–Crippen MR) is 116 cm³/mol. The molecule has 0 unspecified atom stereocenters.